The smallest absolute Gasteiger partial charge is 0.259 e. The molecule has 0 heterocycles. The standard InChI is InChI=1S/C24H25N3O4/c1-29-21-11-9-20(10-12-21)25-16-24(28)27-26-15-19-8-13-22(30-2)23(14-19)31-17-18-6-4-3-5-7-18/h3-15,25H,16-17H2,1-2H3,(H,27,28)/b26-15-. The highest BCUT2D eigenvalue weighted by Crippen LogP contribution is 2.28. The van der Waals surface area contributed by atoms with Crippen molar-refractivity contribution in [3.8, 4) is 17.2 Å². The minimum Gasteiger partial charge on any atom is -0.497 e. The molecule has 0 unspecified atom stereocenters. The molecule has 160 valence electrons. The Morgan fingerprint density at radius 2 is 1.71 bits per heavy atom. The van der Waals surface area contributed by atoms with Gasteiger partial charge in [0.05, 0.1) is 27.0 Å². The number of carbonyl (C=O) groups is 1. The van der Waals surface area contributed by atoms with Gasteiger partial charge in [0.15, 0.2) is 11.5 Å². The highest BCUT2D eigenvalue weighted by Gasteiger charge is 2.06. The fourth-order valence-corrected chi connectivity index (χ4v) is 2.73. The molecule has 0 radical (unpaired) electrons. The van der Waals surface area contributed by atoms with Gasteiger partial charge in [-0.3, -0.25) is 4.79 Å². The van der Waals surface area contributed by atoms with Crippen LogP contribution in [-0.4, -0.2) is 32.9 Å². The molecule has 0 aliphatic heterocycles. The Bertz CT molecular complexity index is 1010. The largest absolute Gasteiger partial charge is 0.497 e. The number of nitrogens with zero attached hydrogens (tertiary/aromatic N) is 1. The fraction of sp³-hybridized carbons (Fsp3) is 0.167. The molecular formula is C24H25N3O4. The van der Waals surface area contributed by atoms with Crippen LogP contribution in [0.4, 0.5) is 5.69 Å². The molecule has 0 saturated carbocycles. The first-order valence-corrected chi connectivity index (χ1v) is 9.72. The maximum Gasteiger partial charge on any atom is 0.259 e. The molecule has 0 spiro atoms. The van der Waals surface area contributed by atoms with Gasteiger partial charge in [0.2, 0.25) is 0 Å². The van der Waals surface area contributed by atoms with Crippen molar-refractivity contribution in [1.29, 1.82) is 0 Å². The van der Waals surface area contributed by atoms with E-state index in [1.807, 2.05) is 66.7 Å². The van der Waals surface area contributed by atoms with Crippen molar-refractivity contribution >= 4 is 17.8 Å². The molecule has 0 fully saturated rings. The van der Waals surface area contributed by atoms with Crippen LogP contribution in [0.3, 0.4) is 0 Å². The number of hydrogen-bond acceptors (Lipinski definition) is 6. The first kappa shape index (κ1) is 21.7. The van der Waals surface area contributed by atoms with Crippen molar-refractivity contribution in [1.82, 2.24) is 5.43 Å². The van der Waals surface area contributed by atoms with Crippen molar-refractivity contribution in [3.63, 3.8) is 0 Å². The summed E-state index contributed by atoms with van der Waals surface area (Å²) in [6.45, 7) is 0.517. The number of rotatable bonds is 10. The van der Waals surface area contributed by atoms with Crippen molar-refractivity contribution in [2.24, 2.45) is 5.10 Å². The summed E-state index contributed by atoms with van der Waals surface area (Å²) in [5.74, 6) is 1.72. The summed E-state index contributed by atoms with van der Waals surface area (Å²) in [4.78, 5) is 12.0. The van der Waals surface area contributed by atoms with Crippen LogP contribution in [0.25, 0.3) is 0 Å². The minimum atomic E-state index is -0.263. The highest BCUT2D eigenvalue weighted by atomic mass is 16.5. The molecule has 7 heteroatoms. The SMILES string of the molecule is COc1ccc(NCC(=O)N/N=C\c2ccc(OC)c(OCc3ccccc3)c2)cc1. The van der Waals surface area contributed by atoms with Crippen LogP contribution < -0.4 is 25.0 Å². The number of benzene rings is 3. The predicted molar refractivity (Wildman–Crippen MR) is 121 cm³/mol. The Morgan fingerprint density at radius 1 is 0.935 bits per heavy atom. The van der Waals surface area contributed by atoms with E-state index < -0.39 is 0 Å². The summed E-state index contributed by atoms with van der Waals surface area (Å²) in [6, 6.07) is 22.6. The van der Waals surface area contributed by atoms with E-state index in [4.69, 9.17) is 14.2 Å². The third-order valence-corrected chi connectivity index (χ3v) is 4.37. The molecule has 0 bridgehead atoms. The van der Waals surface area contributed by atoms with Gasteiger partial charge in [-0.1, -0.05) is 30.3 Å². The van der Waals surface area contributed by atoms with Crippen LogP contribution in [-0.2, 0) is 11.4 Å². The zero-order chi connectivity index (χ0) is 21.9. The Balaban J connectivity index is 1.52. The van der Waals surface area contributed by atoms with Gasteiger partial charge in [0.25, 0.3) is 5.91 Å². The summed E-state index contributed by atoms with van der Waals surface area (Å²) in [5.41, 5.74) is 5.14. The molecular weight excluding hydrogens is 394 g/mol. The van der Waals surface area contributed by atoms with E-state index in [-0.39, 0.29) is 12.5 Å². The maximum atomic E-state index is 12.0. The second-order valence-electron chi connectivity index (χ2n) is 6.56. The minimum absolute atomic E-state index is 0.0950. The molecule has 3 rings (SSSR count). The van der Waals surface area contributed by atoms with Gasteiger partial charge in [-0.15, -0.1) is 0 Å². The quantitative estimate of drug-likeness (QED) is 0.385. The summed E-state index contributed by atoms with van der Waals surface area (Å²) >= 11 is 0. The van der Waals surface area contributed by atoms with Gasteiger partial charge in [-0.05, 0) is 53.6 Å². The highest BCUT2D eigenvalue weighted by molar-refractivity contribution is 5.84. The zero-order valence-electron chi connectivity index (χ0n) is 17.5. The van der Waals surface area contributed by atoms with Crippen molar-refractivity contribution in [3.05, 3.63) is 83.9 Å². The third-order valence-electron chi connectivity index (χ3n) is 4.37. The summed E-state index contributed by atoms with van der Waals surface area (Å²) < 4.78 is 16.4. The topological polar surface area (TPSA) is 81.2 Å². The van der Waals surface area contributed by atoms with Crippen LogP contribution in [0, 0.1) is 0 Å². The molecule has 3 aromatic rings. The van der Waals surface area contributed by atoms with Gasteiger partial charge >= 0.3 is 0 Å². The predicted octanol–water partition coefficient (Wildman–Crippen LogP) is 3.85. The lowest BCUT2D eigenvalue weighted by molar-refractivity contribution is -0.119. The molecule has 0 aromatic heterocycles. The van der Waals surface area contributed by atoms with Gasteiger partial charge in [0, 0.05) is 5.69 Å². The van der Waals surface area contributed by atoms with Crippen molar-refractivity contribution in [2.75, 3.05) is 26.1 Å². The number of amides is 1. The molecule has 0 aliphatic rings. The van der Waals surface area contributed by atoms with Gasteiger partial charge in [-0.25, -0.2) is 5.43 Å². The lowest BCUT2D eigenvalue weighted by atomic mass is 10.2. The lowest BCUT2D eigenvalue weighted by Gasteiger charge is -2.11. The van der Waals surface area contributed by atoms with E-state index in [9.17, 15) is 4.79 Å². The molecule has 2 N–H and O–H groups in total. The van der Waals surface area contributed by atoms with E-state index in [0.717, 1.165) is 22.6 Å². The fourth-order valence-electron chi connectivity index (χ4n) is 2.73. The van der Waals surface area contributed by atoms with Crippen LogP contribution in [0.15, 0.2) is 77.9 Å². The Hall–Kier alpha value is -4.00. The van der Waals surface area contributed by atoms with Crippen LogP contribution in [0.5, 0.6) is 17.2 Å². The number of hydrogen-bond donors (Lipinski definition) is 2. The molecule has 31 heavy (non-hydrogen) atoms. The number of hydrazone groups is 1. The summed E-state index contributed by atoms with van der Waals surface area (Å²) in [6.07, 6.45) is 1.56. The maximum absolute atomic E-state index is 12.0. The first-order valence-electron chi connectivity index (χ1n) is 9.72. The molecule has 7 nitrogen and oxygen atoms in total. The van der Waals surface area contributed by atoms with Gasteiger partial charge in [0.1, 0.15) is 12.4 Å². The van der Waals surface area contributed by atoms with Crippen molar-refractivity contribution < 1.29 is 19.0 Å². The molecule has 1 amide bonds. The summed E-state index contributed by atoms with van der Waals surface area (Å²) in [5, 5.41) is 7.04. The summed E-state index contributed by atoms with van der Waals surface area (Å²) in [7, 11) is 3.20. The number of nitrogens with one attached hydrogen (secondary N) is 2. The second-order valence-corrected chi connectivity index (χ2v) is 6.56. The zero-order valence-corrected chi connectivity index (χ0v) is 17.5. The average molecular weight is 419 g/mol. The third kappa shape index (κ3) is 6.78. The van der Waals surface area contributed by atoms with E-state index in [2.05, 4.69) is 15.8 Å². The Morgan fingerprint density at radius 3 is 2.42 bits per heavy atom. The molecule has 0 aliphatic carbocycles. The normalized spacial score (nSPS) is 10.5. The van der Waals surface area contributed by atoms with E-state index in [0.29, 0.717) is 18.1 Å². The number of methoxy groups -OCH3 is 2. The van der Waals surface area contributed by atoms with Crippen LogP contribution in [0.1, 0.15) is 11.1 Å². The number of anilines is 1. The molecule has 3 aromatic carbocycles. The van der Waals surface area contributed by atoms with Gasteiger partial charge in [-0.2, -0.15) is 5.10 Å². The monoisotopic (exact) mass is 419 g/mol. The van der Waals surface area contributed by atoms with Gasteiger partial charge < -0.3 is 19.5 Å². The van der Waals surface area contributed by atoms with Crippen LogP contribution >= 0.6 is 0 Å². The van der Waals surface area contributed by atoms with Crippen LogP contribution in [0.2, 0.25) is 0 Å². The molecule has 0 saturated heterocycles. The Kier molecular flexibility index (Phi) is 7.88. The number of carbonyl (C=O) groups excluding carboxylic acids is 1. The lowest BCUT2D eigenvalue weighted by Crippen LogP contribution is -2.25. The Labute approximate surface area is 181 Å². The number of ether oxygens (including phenoxy) is 3. The van der Waals surface area contributed by atoms with Crippen molar-refractivity contribution in [2.45, 2.75) is 6.61 Å². The molecule has 0 atom stereocenters. The van der Waals surface area contributed by atoms with E-state index in [1.54, 1.807) is 26.5 Å². The first-order chi connectivity index (χ1) is 15.2. The second kappa shape index (κ2) is 11.3. The average Bonchev–Trinajstić information content (AvgIpc) is 2.82. The van der Waals surface area contributed by atoms with E-state index >= 15 is 0 Å². The van der Waals surface area contributed by atoms with E-state index in [1.165, 1.54) is 0 Å².